The summed E-state index contributed by atoms with van der Waals surface area (Å²) in [5, 5.41) is 7.34. The first-order chi connectivity index (χ1) is 7.43. The van der Waals surface area contributed by atoms with Crippen molar-refractivity contribution in [3.8, 4) is 0 Å². The lowest BCUT2D eigenvalue weighted by Crippen LogP contribution is -2.14. The number of hydrogen-bond donors (Lipinski definition) is 2. The van der Waals surface area contributed by atoms with Crippen LogP contribution in [-0.2, 0) is 14.8 Å². The lowest BCUT2D eigenvalue weighted by atomic mass is 10.3. The molecule has 3 N–H and O–H groups in total. The number of carbonyl (C=O) groups excluding carboxylic acids is 1. The quantitative estimate of drug-likeness (QED) is 0.825. The summed E-state index contributed by atoms with van der Waals surface area (Å²) in [4.78, 5) is 11.0. The van der Waals surface area contributed by atoms with Gasteiger partial charge in [0.05, 0.1) is 11.5 Å². The Morgan fingerprint density at radius 2 is 1.94 bits per heavy atom. The first-order valence-corrected chi connectivity index (χ1v) is 6.04. The highest BCUT2D eigenvalue weighted by Crippen LogP contribution is 2.12. The molecule has 1 aromatic carbocycles. The molecule has 1 rings (SSSR count). The molecule has 0 aliphatic rings. The minimum Gasteiger partial charge on any atom is -0.450 e. The average Bonchev–Trinajstić information content (AvgIpc) is 2.17. The number of amides is 1. The number of ether oxygens (including phenoxy) is 1. The Hall–Kier alpha value is -1.60. The van der Waals surface area contributed by atoms with Crippen LogP contribution in [0.25, 0.3) is 0 Å². The summed E-state index contributed by atoms with van der Waals surface area (Å²) in [5.74, 6) is 0. The number of nitrogens with one attached hydrogen (secondary N) is 1. The molecule has 0 heterocycles. The van der Waals surface area contributed by atoms with Crippen molar-refractivity contribution in [3.63, 3.8) is 0 Å². The fourth-order valence-corrected chi connectivity index (χ4v) is 1.53. The Kier molecular flexibility index (Phi) is 3.86. The minimum absolute atomic E-state index is 0.0121. The molecule has 1 amide bonds. The molecule has 0 aliphatic heterocycles. The number of nitrogens with two attached hydrogens (primary N) is 1. The van der Waals surface area contributed by atoms with Gasteiger partial charge in [-0.3, -0.25) is 5.32 Å². The fraction of sp³-hybridized carbons (Fsp3) is 0.222. The number of primary sulfonamides is 1. The third-order valence-corrected chi connectivity index (χ3v) is 2.63. The average molecular weight is 244 g/mol. The second kappa shape index (κ2) is 4.95. The second-order valence-electron chi connectivity index (χ2n) is 2.91. The summed E-state index contributed by atoms with van der Waals surface area (Å²) < 4.78 is 26.5. The second-order valence-corrected chi connectivity index (χ2v) is 4.48. The maximum Gasteiger partial charge on any atom is 0.411 e. The Balaban J connectivity index is 2.76. The van der Waals surface area contributed by atoms with Crippen molar-refractivity contribution in [1.82, 2.24) is 0 Å². The molecule has 0 radical (unpaired) electrons. The molecule has 6 nitrogen and oxygen atoms in total. The predicted octanol–water partition coefficient (Wildman–Crippen LogP) is 0.902. The monoisotopic (exact) mass is 244 g/mol. The van der Waals surface area contributed by atoms with E-state index < -0.39 is 16.1 Å². The lowest BCUT2D eigenvalue weighted by Gasteiger charge is -2.05. The third-order valence-electron chi connectivity index (χ3n) is 1.70. The molecule has 0 spiro atoms. The van der Waals surface area contributed by atoms with E-state index in [1.165, 1.54) is 24.3 Å². The summed E-state index contributed by atoms with van der Waals surface area (Å²) in [6.07, 6.45) is -0.592. The van der Waals surface area contributed by atoms with Gasteiger partial charge in [0.15, 0.2) is 0 Å². The van der Waals surface area contributed by atoms with E-state index in [2.05, 4.69) is 10.1 Å². The number of sulfonamides is 1. The van der Waals surface area contributed by atoms with Crippen LogP contribution in [0, 0.1) is 0 Å². The first-order valence-electron chi connectivity index (χ1n) is 4.50. The number of benzene rings is 1. The van der Waals surface area contributed by atoms with Crippen LogP contribution in [0.4, 0.5) is 10.5 Å². The summed E-state index contributed by atoms with van der Waals surface area (Å²) in [5.41, 5.74) is 0.436. The highest BCUT2D eigenvalue weighted by atomic mass is 32.2. The van der Waals surface area contributed by atoms with E-state index in [1.54, 1.807) is 6.92 Å². The van der Waals surface area contributed by atoms with Crippen LogP contribution >= 0.6 is 0 Å². The summed E-state index contributed by atoms with van der Waals surface area (Å²) in [6, 6.07) is 5.46. The van der Waals surface area contributed by atoms with E-state index in [0.29, 0.717) is 5.69 Å². The maximum absolute atomic E-state index is 11.0. The minimum atomic E-state index is -3.70. The normalized spacial score (nSPS) is 10.9. The Morgan fingerprint density at radius 1 is 1.38 bits per heavy atom. The lowest BCUT2D eigenvalue weighted by molar-refractivity contribution is 0.168. The largest absolute Gasteiger partial charge is 0.450 e. The molecule has 0 fully saturated rings. The predicted molar refractivity (Wildman–Crippen MR) is 58.5 cm³/mol. The highest BCUT2D eigenvalue weighted by Gasteiger charge is 2.07. The standard InChI is InChI=1S/C9H12N2O4S/c1-2-15-9(12)11-7-3-5-8(6-4-7)16(10,13)14/h3-6H,2H2,1H3,(H,11,12)(H2,10,13,14). The molecular formula is C9H12N2O4S. The van der Waals surface area contributed by atoms with Gasteiger partial charge in [-0.15, -0.1) is 0 Å². The van der Waals surface area contributed by atoms with Gasteiger partial charge in [0, 0.05) is 5.69 Å². The molecule has 0 aliphatic carbocycles. The van der Waals surface area contributed by atoms with Crippen molar-refractivity contribution in [1.29, 1.82) is 0 Å². The smallest absolute Gasteiger partial charge is 0.411 e. The van der Waals surface area contributed by atoms with Gasteiger partial charge in [0.1, 0.15) is 0 Å². The zero-order valence-corrected chi connectivity index (χ0v) is 9.45. The molecule has 0 saturated carbocycles. The van der Waals surface area contributed by atoms with E-state index in [9.17, 15) is 13.2 Å². The first kappa shape index (κ1) is 12.5. The molecule has 0 unspecified atom stereocenters. The molecule has 88 valence electrons. The van der Waals surface area contributed by atoms with Crippen LogP contribution in [0.5, 0.6) is 0 Å². The molecule has 0 aromatic heterocycles. The van der Waals surface area contributed by atoms with E-state index >= 15 is 0 Å². The number of anilines is 1. The van der Waals surface area contributed by atoms with Crippen LogP contribution < -0.4 is 10.5 Å². The van der Waals surface area contributed by atoms with E-state index in [-0.39, 0.29) is 11.5 Å². The topological polar surface area (TPSA) is 98.5 Å². The molecular weight excluding hydrogens is 232 g/mol. The third kappa shape index (κ3) is 3.52. The Bertz CT molecular complexity index is 467. The van der Waals surface area contributed by atoms with Crippen molar-refractivity contribution >= 4 is 21.8 Å². The van der Waals surface area contributed by atoms with Gasteiger partial charge in [0.25, 0.3) is 0 Å². The zero-order chi connectivity index (χ0) is 12.2. The van der Waals surface area contributed by atoms with Gasteiger partial charge in [-0.25, -0.2) is 18.4 Å². The number of rotatable bonds is 3. The van der Waals surface area contributed by atoms with Gasteiger partial charge in [-0.05, 0) is 31.2 Å². The van der Waals surface area contributed by atoms with E-state index in [0.717, 1.165) is 0 Å². The molecule has 1 aromatic rings. The van der Waals surface area contributed by atoms with Gasteiger partial charge in [-0.2, -0.15) is 0 Å². The fourth-order valence-electron chi connectivity index (χ4n) is 1.01. The van der Waals surface area contributed by atoms with Crippen molar-refractivity contribution in [2.24, 2.45) is 5.14 Å². The summed E-state index contributed by atoms with van der Waals surface area (Å²) in [7, 11) is -3.70. The molecule has 0 atom stereocenters. The molecule has 0 bridgehead atoms. The maximum atomic E-state index is 11.0. The van der Waals surface area contributed by atoms with Crippen LogP contribution in [0.3, 0.4) is 0 Å². The summed E-state index contributed by atoms with van der Waals surface area (Å²) in [6.45, 7) is 1.95. The Labute approximate surface area is 93.5 Å². The van der Waals surface area contributed by atoms with Crippen LogP contribution in [-0.4, -0.2) is 21.1 Å². The van der Waals surface area contributed by atoms with Gasteiger partial charge in [0.2, 0.25) is 10.0 Å². The van der Waals surface area contributed by atoms with Crippen molar-refractivity contribution in [2.75, 3.05) is 11.9 Å². The zero-order valence-electron chi connectivity index (χ0n) is 8.64. The van der Waals surface area contributed by atoms with Crippen molar-refractivity contribution in [3.05, 3.63) is 24.3 Å². The summed E-state index contributed by atoms with van der Waals surface area (Å²) >= 11 is 0. The van der Waals surface area contributed by atoms with Crippen molar-refractivity contribution < 1.29 is 17.9 Å². The number of hydrogen-bond acceptors (Lipinski definition) is 4. The SMILES string of the molecule is CCOC(=O)Nc1ccc(S(N)(=O)=O)cc1. The van der Waals surface area contributed by atoms with Crippen LogP contribution in [0.1, 0.15) is 6.92 Å². The van der Waals surface area contributed by atoms with Crippen LogP contribution in [0.15, 0.2) is 29.2 Å². The van der Waals surface area contributed by atoms with Gasteiger partial charge >= 0.3 is 6.09 Å². The highest BCUT2D eigenvalue weighted by molar-refractivity contribution is 7.89. The molecule has 7 heteroatoms. The Morgan fingerprint density at radius 3 is 2.38 bits per heavy atom. The molecule has 0 saturated heterocycles. The van der Waals surface area contributed by atoms with Gasteiger partial charge in [-0.1, -0.05) is 0 Å². The van der Waals surface area contributed by atoms with Crippen molar-refractivity contribution in [2.45, 2.75) is 11.8 Å². The number of carbonyl (C=O) groups is 1. The molecule has 16 heavy (non-hydrogen) atoms. The van der Waals surface area contributed by atoms with E-state index in [4.69, 9.17) is 5.14 Å². The van der Waals surface area contributed by atoms with Gasteiger partial charge < -0.3 is 4.74 Å². The van der Waals surface area contributed by atoms with E-state index in [1.807, 2.05) is 0 Å². The van der Waals surface area contributed by atoms with Crippen LogP contribution in [0.2, 0.25) is 0 Å².